The van der Waals surface area contributed by atoms with Gasteiger partial charge in [0.15, 0.2) is 0 Å². The largest absolute Gasteiger partial charge is 0.393 e. The van der Waals surface area contributed by atoms with Gasteiger partial charge in [-0.25, -0.2) is 0 Å². The van der Waals surface area contributed by atoms with Crippen LogP contribution in [-0.4, -0.2) is 21.0 Å². The van der Waals surface area contributed by atoms with Crippen LogP contribution in [0.1, 0.15) is 51.1 Å². The molecule has 3 unspecified atom stereocenters. The summed E-state index contributed by atoms with van der Waals surface area (Å²) in [7, 11) is 0. The molecule has 1 saturated carbocycles. The van der Waals surface area contributed by atoms with E-state index in [2.05, 4.69) is 29.8 Å². The van der Waals surface area contributed by atoms with E-state index in [0.717, 1.165) is 32.1 Å². The zero-order valence-corrected chi connectivity index (χ0v) is 10.3. The molecule has 2 rings (SSSR count). The Morgan fingerprint density at radius 1 is 1.50 bits per heavy atom. The van der Waals surface area contributed by atoms with Gasteiger partial charge in [0, 0.05) is 6.20 Å². The van der Waals surface area contributed by atoms with Gasteiger partial charge in [-0.3, -0.25) is 4.68 Å². The van der Waals surface area contributed by atoms with Gasteiger partial charge in [0.2, 0.25) is 0 Å². The average molecular weight is 222 g/mol. The van der Waals surface area contributed by atoms with Gasteiger partial charge in [-0.15, -0.1) is 0 Å². The SMILES string of the molecule is CCCc1cnn(C2CC(O)CCC2C)c1. The van der Waals surface area contributed by atoms with Crippen LogP contribution in [0.2, 0.25) is 0 Å². The van der Waals surface area contributed by atoms with Crippen molar-refractivity contribution in [3.05, 3.63) is 18.0 Å². The quantitative estimate of drug-likeness (QED) is 0.853. The summed E-state index contributed by atoms with van der Waals surface area (Å²) >= 11 is 0. The van der Waals surface area contributed by atoms with E-state index >= 15 is 0 Å². The molecule has 1 aliphatic rings. The Labute approximate surface area is 97.5 Å². The van der Waals surface area contributed by atoms with Gasteiger partial charge in [-0.1, -0.05) is 20.3 Å². The summed E-state index contributed by atoms with van der Waals surface area (Å²) in [4.78, 5) is 0. The van der Waals surface area contributed by atoms with Crippen LogP contribution in [0.5, 0.6) is 0 Å². The van der Waals surface area contributed by atoms with Crippen molar-refractivity contribution in [1.82, 2.24) is 9.78 Å². The molecule has 3 nitrogen and oxygen atoms in total. The fourth-order valence-corrected chi connectivity index (χ4v) is 2.62. The molecule has 1 aliphatic carbocycles. The molecule has 0 aliphatic heterocycles. The van der Waals surface area contributed by atoms with Gasteiger partial charge < -0.3 is 5.11 Å². The predicted octanol–water partition coefficient (Wildman–Crippen LogP) is 2.56. The number of hydrogen-bond donors (Lipinski definition) is 1. The van der Waals surface area contributed by atoms with Crippen LogP contribution in [-0.2, 0) is 6.42 Å². The molecule has 1 heterocycles. The maximum absolute atomic E-state index is 9.73. The predicted molar refractivity (Wildman–Crippen MR) is 64.3 cm³/mol. The summed E-state index contributed by atoms with van der Waals surface area (Å²) in [5, 5.41) is 14.2. The topological polar surface area (TPSA) is 38.0 Å². The van der Waals surface area contributed by atoms with E-state index in [1.807, 2.05) is 6.20 Å². The monoisotopic (exact) mass is 222 g/mol. The molecule has 0 aromatic carbocycles. The third-order valence-corrected chi connectivity index (χ3v) is 3.66. The van der Waals surface area contributed by atoms with Crippen molar-refractivity contribution in [3.63, 3.8) is 0 Å². The minimum absolute atomic E-state index is 0.139. The van der Waals surface area contributed by atoms with Gasteiger partial charge in [-0.2, -0.15) is 5.10 Å². The Morgan fingerprint density at radius 3 is 3.06 bits per heavy atom. The summed E-state index contributed by atoms with van der Waals surface area (Å²) in [6.07, 6.45) is 9.15. The third kappa shape index (κ3) is 2.46. The highest BCUT2D eigenvalue weighted by Crippen LogP contribution is 2.33. The van der Waals surface area contributed by atoms with E-state index < -0.39 is 0 Å². The lowest BCUT2D eigenvalue weighted by Crippen LogP contribution is -2.28. The molecule has 1 aromatic heterocycles. The molecule has 3 heteroatoms. The molecule has 90 valence electrons. The number of hydrogen-bond acceptors (Lipinski definition) is 2. The average Bonchev–Trinajstić information content (AvgIpc) is 2.71. The van der Waals surface area contributed by atoms with Gasteiger partial charge in [0.1, 0.15) is 0 Å². The molecule has 0 saturated heterocycles. The molecular weight excluding hydrogens is 200 g/mol. The molecular formula is C13H22N2O. The highest BCUT2D eigenvalue weighted by molar-refractivity contribution is 5.05. The van der Waals surface area contributed by atoms with E-state index in [1.54, 1.807) is 0 Å². The summed E-state index contributed by atoms with van der Waals surface area (Å²) in [5.41, 5.74) is 1.31. The first kappa shape index (κ1) is 11.6. The molecule has 1 N–H and O–H groups in total. The Kier molecular flexibility index (Phi) is 3.64. The van der Waals surface area contributed by atoms with Crippen LogP contribution >= 0.6 is 0 Å². The lowest BCUT2D eigenvalue weighted by atomic mass is 9.84. The van der Waals surface area contributed by atoms with Crippen molar-refractivity contribution < 1.29 is 5.11 Å². The van der Waals surface area contributed by atoms with Crippen LogP contribution in [0.25, 0.3) is 0 Å². The fourth-order valence-electron chi connectivity index (χ4n) is 2.62. The number of aromatic nitrogens is 2. The van der Waals surface area contributed by atoms with Crippen molar-refractivity contribution in [2.24, 2.45) is 5.92 Å². The maximum Gasteiger partial charge on any atom is 0.0569 e. The van der Waals surface area contributed by atoms with Gasteiger partial charge in [0.05, 0.1) is 18.3 Å². The molecule has 1 fully saturated rings. The van der Waals surface area contributed by atoms with Crippen molar-refractivity contribution in [2.75, 3.05) is 0 Å². The van der Waals surface area contributed by atoms with E-state index in [9.17, 15) is 5.11 Å². The number of nitrogens with zero attached hydrogens (tertiary/aromatic N) is 2. The van der Waals surface area contributed by atoms with Crippen LogP contribution in [0.3, 0.4) is 0 Å². The first-order chi connectivity index (χ1) is 7.70. The lowest BCUT2D eigenvalue weighted by Gasteiger charge is -2.32. The lowest BCUT2D eigenvalue weighted by molar-refractivity contribution is 0.0735. The minimum atomic E-state index is -0.139. The molecule has 0 radical (unpaired) electrons. The molecule has 0 bridgehead atoms. The molecule has 16 heavy (non-hydrogen) atoms. The zero-order chi connectivity index (χ0) is 11.5. The first-order valence-electron chi connectivity index (χ1n) is 6.41. The zero-order valence-electron chi connectivity index (χ0n) is 10.3. The molecule has 1 aromatic rings. The van der Waals surface area contributed by atoms with Gasteiger partial charge in [0.25, 0.3) is 0 Å². The Hall–Kier alpha value is -0.830. The molecule has 3 atom stereocenters. The van der Waals surface area contributed by atoms with E-state index in [-0.39, 0.29) is 6.10 Å². The number of aliphatic hydroxyl groups is 1. The van der Waals surface area contributed by atoms with Crippen LogP contribution in [0, 0.1) is 5.92 Å². The highest BCUT2D eigenvalue weighted by atomic mass is 16.3. The van der Waals surface area contributed by atoms with Gasteiger partial charge >= 0.3 is 0 Å². The molecule has 0 spiro atoms. The van der Waals surface area contributed by atoms with Crippen molar-refractivity contribution in [2.45, 2.75) is 58.1 Å². The second-order valence-corrected chi connectivity index (χ2v) is 5.09. The molecule has 0 amide bonds. The number of aryl methyl sites for hydroxylation is 1. The summed E-state index contributed by atoms with van der Waals surface area (Å²) in [6, 6.07) is 0.384. The van der Waals surface area contributed by atoms with Crippen LogP contribution < -0.4 is 0 Å². The van der Waals surface area contributed by atoms with E-state index in [4.69, 9.17) is 0 Å². The van der Waals surface area contributed by atoms with Crippen LogP contribution in [0.15, 0.2) is 12.4 Å². The Bertz CT molecular complexity index is 334. The minimum Gasteiger partial charge on any atom is -0.393 e. The van der Waals surface area contributed by atoms with Crippen molar-refractivity contribution >= 4 is 0 Å². The Morgan fingerprint density at radius 2 is 2.31 bits per heavy atom. The second-order valence-electron chi connectivity index (χ2n) is 5.09. The van der Waals surface area contributed by atoms with Gasteiger partial charge in [-0.05, 0) is 37.2 Å². The summed E-state index contributed by atoms with van der Waals surface area (Å²) in [5.74, 6) is 0.623. The maximum atomic E-state index is 9.73. The summed E-state index contributed by atoms with van der Waals surface area (Å²) in [6.45, 7) is 4.45. The van der Waals surface area contributed by atoms with Crippen molar-refractivity contribution in [1.29, 1.82) is 0 Å². The number of rotatable bonds is 3. The van der Waals surface area contributed by atoms with E-state index in [0.29, 0.717) is 12.0 Å². The van der Waals surface area contributed by atoms with Crippen LogP contribution in [0.4, 0.5) is 0 Å². The Balaban J connectivity index is 2.08. The normalized spacial score (nSPS) is 30.6. The highest BCUT2D eigenvalue weighted by Gasteiger charge is 2.28. The number of aliphatic hydroxyl groups excluding tert-OH is 1. The second kappa shape index (κ2) is 5.00. The summed E-state index contributed by atoms with van der Waals surface area (Å²) < 4.78 is 2.07. The standard InChI is InChI=1S/C13H22N2O/c1-3-4-11-8-14-15(9-11)13-7-12(16)6-5-10(13)2/h8-10,12-13,16H,3-7H2,1-2H3. The third-order valence-electron chi connectivity index (χ3n) is 3.66. The smallest absolute Gasteiger partial charge is 0.0569 e. The fraction of sp³-hybridized carbons (Fsp3) is 0.769. The van der Waals surface area contributed by atoms with E-state index in [1.165, 1.54) is 5.56 Å². The van der Waals surface area contributed by atoms with Crippen molar-refractivity contribution in [3.8, 4) is 0 Å². The first-order valence-corrected chi connectivity index (χ1v) is 6.41.